The Kier molecular flexibility index (Phi) is 5.53. The highest BCUT2D eigenvalue weighted by Gasteiger charge is 2.34. The molecule has 1 aromatic heterocycles. The lowest BCUT2D eigenvalue weighted by molar-refractivity contribution is 0.0846. The van der Waals surface area contributed by atoms with Gasteiger partial charge in [-0.3, -0.25) is 4.72 Å². The van der Waals surface area contributed by atoms with Gasteiger partial charge in [-0.1, -0.05) is 0 Å². The first-order chi connectivity index (χ1) is 13.1. The molecule has 0 bridgehead atoms. The molecule has 152 valence electrons. The van der Waals surface area contributed by atoms with E-state index in [1.165, 1.54) is 22.4 Å². The number of anilines is 2. The van der Waals surface area contributed by atoms with Crippen molar-refractivity contribution in [2.75, 3.05) is 29.3 Å². The predicted molar refractivity (Wildman–Crippen MR) is 110 cm³/mol. The molecule has 0 saturated carbocycles. The Balaban J connectivity index is 1.59. The van der Waals surface area contributed by atoms with Crippen LogP contribution in [0.1, 0.15) is 20.8 Å². The normalized spacial score (nSPS) is 15.2. The highest BCUT2D eigenvalue weighted by molar-refractivity contribution is 7.93. The van der Waals surface area contributed by atoms with Gasteiger partial charge >= 0.3 is 6.09 Å². The zero-order valence-corrected chi connectivity index (χ0v) is 17.6. The van der Waals surface area contributed by atoms with Crippen LogP contribution in [-0.4, -0.2) is 54.7 Å². The minimum Gasteiger partial charge on any atom is -0.465 e. The standard InChI is InChI=1S/C18H24N4O4S2/c1-18(2,3)22(17(23)24)12-13-10-21(11-13)14-4-6-15(7-5-14)28(25,26)20-16-19-8-9-27-16/h4-9,13H,10-12H2,1-3H3,(H,19,20)(H,23,24). The molecule has 0 atom stereocenters. The fourth-order valence-electron chi connectivity index (χ4n) is 3.08. The third-order valence-corrected chi connectivity index (χ3v) is 6.78. The number of amides is 1. The van der Waals surface area contributed by atoms with Gasteiger partial charge in [0, 0.05) is 48.4 Å². The van der Waals surface area contributed by atoms with Crippen LogP contribution in [0.4, 0.5) is 15.6 Å². The van der Waals surface area contributed by atoms with Crippen molar-refractivity contribution >= 4 is 38.3 Å². The number of rotatable bonds is 6. The number of benzene rings is 1. The fraction of sp³-hybridized carbons (Fsp3) is 0.444. The Bertz CT molecular complexity index is 915. The number of sulfonamides is 1. The molecule has 1 aliphatic rings. The summed E-state index contributed by atoms with van der Waals surface area (Å²) >= 11 is 1.22. The number of hydrogen-bond donors (Lipinski definition) is 2. The molecular weight excluding hydrogens is 400 g/mol. The van der Waals surface area contributed by atoms with Crippen LogP contribution in [0, 0.1) is 5.92 Å². The van der Waals surface area contributed by atoms with Gasteiger partial charge in [0.1, 0.15) is 0 Å². The molecule has 0 unspecified atom stereocenters. The van der Waals surface area contributed by atoms with Gasteiger partial charge in [0.25, 0.3) is 10.0 Å². The smallest absolute Gasteiger partial charge is 0.407 e. The summed E-state index contributed by atoms with van der Waals surface area (Å²) in [6.07, 6.45) is 0.630. The minimum absolute atomic E-state index is 0.174. The molecular formula is C18H24N4O4S2. The van der Waals surface area contributed by atoms with Crippen LogP contribution in [0.2, 0.25) is 0 Å². The summed E-state index contributed by atoms with van der Waals surface area (Å²) in [5.74, 6) is 0.255. The number of carboxylic acid groups (broad SMARTS) is 1. The second-order valence-electron chi connectivity index (χ2n) is 7.77. The van der Waals surface area contributed by atoms with Gasteiger partial charge in [-0.15, -0.1) is 11.3 Å². The van der Waals surface area contributed by atoms with E-state index >= 15 is 0 Å². The maximum absolute atomic E-state index is 12.4. The first-order valence-electron chi connectivity index (χ1n) is 8.84. The van der Waals surface area contributed by atoms with E-state index in [2.05, 4.69) is 14.6 Å². The van der Waals surface area contributed by atoms with E-state index < -0.39 is 21.7 Å². The number of carbonyl (C=O) groups is 1. The van der Waals surface area contributed by atoms with Gasteiger partial charge < -0.3 is 14.9 Å². The van der Waals surface area contributed by atoms with Gasteiger partial charge in [0.2, 0.25) is 0 Å². The van der Waals surface area contributed by atoms with E-state index in [0.29, 0.717) is 11.7 Å². The van der Waals surface area contributed by atoms with Crippen molar-refractivity contribution in [2.24, 2.45) is 5.92 Å². The van der Waals surface area contributed by atoms with E-state index in [0.717, 1.165) is 18.8 Å². The molecule has 28 heavy (non-hydrogen) atoms. The molecule has 0 radical (unpaired) electrons. The monoisotopic (exact) mass is 424 g/mol. The molecule has 10 heteroatoms. The summed E-state index contributed by atoms with van der Waals surface area (Å²) in [5.41, 5.74) is 0.481. The highest BCUT2D eigenvalue weighted by atomic mass is 32.2. The van der Waals surface area contributed by atoms with Crippen LogP contribution in [0.3, 0.4) is 0 Å². The second kappa shape index (κ2) is 7.59. The van der Waals surface area contributed by atoms with Crippen molar-refractivity contribution < 1.29 is 18.3 Å². The Morgan fingerprint density at radius 1 is 1.32 bits per heavy atom. The third-order valence-electron chi connectivity index (χ3n) is 4.60. The van der Waals surface area contributed by atoms with Crippen LogP contribution in [-0.2, 0) is 10.0 Å². The van der Waals surface area contributed by atoms with Crippen molar-refractivity contribution in [1.82, 2.24) is 9.88 Å². The van der Waals surface area contributed by atoms with Crippen LogP contribution >= 0.6 is 11.3 Å². The summed E-state index contributed by atoms with van der Waals surface area (Å²) in [7, 11) is -3.66. The lowest BCUT2D eigenvalue weighted by atomic mass is 9.96. The Hall–Kier alpha value is -2.33. The molecule has 2 N–H and O–H groups in total. The number of nitrogens with one attached hydrogen (secondary N) is 1. The molecule has 2 aromatic rings. The molecule has 8 nitrogen and oxygen atoms in total. The van der Waals surface area contributed by atoms with Crippen LogP contribution in [0.25, 0.3) is 0 Å². The zero-order valence-electron chi connectivity index (χ0n) is 16.0. The number of aromatic nitrogens is 1. The van der Waals surface area contributed by atoms with Crippen molar-refractivity contribution in [1.29, 1.82) is 0 Å². The molecule has 0 spiro atoms. The van der Waals surface area contributed by atoms with Gasteiger partial charge in [-0.05, 0) is 45.0 Å². The average molecular weight is 425 g/mol. The van der Waals surface area contributed by atoms with Gasteiger partial charge in [-0.25, -0.2) is 18.2 Å². The molecule has 0 aliphatic carbocycles. The summed E-state index contributed by atoms with van der Waals surface area (Å²) in [5, 5.41) is 11.4. The molecule has 2 heterocycles. The van der Waals surface area contributed by atoms with E-state index in [-0.39, 0.29) is 10.8 Å². The minimum atomic E-state index is -3.66. The van der Waals surface area contributed by atoms with Gasteiger partial charge in [0.15, 0.2) is 5.13 Å². The molecule has 1 fully saturated rings. The van der Waals surface area contributed by atoms with Crippen molar-refractivity contribution in [3.05, 3.63) is 35.8 Å². The van der Waals surface area contributed by atoms with E-state index in [1.807, 2.05) is 20.8 Å². The second-order valence-corrected chi connectivity index (χ2v) is 10.3. The van der Waals surface area contributed by atoms with Crippen LogP contribution in [0.5, 0.6) is 0 Å². The molecule has 1 aliphatic heterocycles. The SMILES string of the molecule is CC(C)(C)N(CC1CN(c2ccc(S(=O)(=O)Nc3nccs3)cc2)C1)C(=O)O. The topological polar surface area (TPSA) is 103 Å². The number of nitrogens with zero attached hydrogens (tertiary/aromatic N) is 3. The van der Waals surface area contributed by atoms with Crippen molar-refractivity contribution in [2.45, 2.75) is 31.2 Å². The van der Waals surface area contributed by atoms with Gasteiger partial charge in [0.05, 0.1) is 4.90 Å². The maximum Gasteiger partial charge on any atom is 0.407 e. The first-order valence-corrected chi connectivity index (χ1v) is 11.2. The number of thiazole rings is 1. The lowest BCUT2D eigenvalue weighted by Gasteiger charge is -2.45. The van der Waals surface area contributed by atoms with E-state index in [1.54, 1.807) is 29.6 Å². The molecule has 1 saturated heterocycles. The van der Waals surface area contributed by atoms with Crippen LogP contribution < -0.4 is 9.62 Å². The summed E-state index contributed by atoms with van der Waals surface area (Å²) < 4.78 is 27.2. The van der Waals surface area contributed by atoms with Crippen LogP contribution in [0.15, 0.2) is 40.7 Å². The fourth-order valence-corrected chi connectivity index (χ4v) is 4.87. The predicted octanol–water partition coefficient (Wildman–Crippen LogP) is 3.16. The van der Waals surface area contributed by atoms with Gasteiger partial charge in [-0.2, -0.15) is 0 Å². The highest BCUT2D eigenvalue weighted by Crippen LogP contribution is 2.28. The van der Waals surface area contributed by atoms with Crippen molar-refractivity contribution in [3.8, 4) is 0 Å². The maximum atomic E-state index is 12.4. The lowest BCUT2D eigenvalue weighted by Crippen LogP contribution is -2.56. The summed E-state index contributed by atoms with van der Waals surface area (Å²) in [6, 6.07) is 6.67. The largest absolute Gasteiger partial charge is 0.465 e. The molecule has 1 amide bonds. The van der Waals surface area contributed by atoms with Crippen molar-refractivity contribution in [3.63, 3.8) is 0 Å². The quantitative estimate of drug-likeness (QED) is 0.738. The Labute approximate surface area is 168 Å². The van der Waals surface area contributed by atoms with E-state index in [9.17, 15) is 18.3 Å². The Morgan fingerprint density at radius 2 is 1.96 bits per heavy atom. The molecule has 1 aromatic carbocycles. The zero-order chi connectivity index (χ0) is 20.5. The number of hydrogen-bond acceptors (Lipinski definition) is 6. The summed E-state index contributed by atoms with van der Waals surface area (Å²) in [4.78, 5) is 19.1. The van der Waals surface area contributed by atoms with E-state index in [4.69, 9.17) is 0 Å². The summed E-state index contributed by atoms with van der Waals surface area (Å²) in [6.45, 7) is 7.62. The third kappa shape index (κ3) is 4.56. The first kappa shape index (κ1) is 20.4. The molecule has 3 rings (SSSR count). The average Bonchev–Trinajstić information content (AvgIpc) is 3.04. The Morgan fingerprint density at radius 3 is 2.46 bits per heavy atom.